The number of hydrogen-bond donors (Lipinski definition) is 2. The van der Waals surface area contributed by atoms with Gasteiger partial charge in [-0.1, -0.05) is 18.6 Å². The van der Waals surface area contributed by atoms with Crippen LogP contribution in [0.1, 0.15) is 24.8 Å². The number of sulfone groups is 1. The number of anilines is 1. The molecule has 160 valence electrons. The van der Waals surface area contributed by atoms with Crippen molar-refractivity contribution in [3.05, 3.63) is 67.0 Å². The first-order chi connectivity index (χ1) is 14.5. The second-order valence-electron chi connectivity index (χ2n) is 7.28. The van der Waals surface area contributed by atoms with E-state index in [9.17, 15) is 13.2 Å². The normalized spacial score (nSPS) is 15.9. The van der Waals surface area contributed by atoms with Gasteiger partial charge < -0.3 is 10.6 Å². The van der Waals surface area contributed by atoms with Crippen molar-refractivity contribution in [2.24, 2.45) is 0 Å². The van der Waals surface area contributed by atoms with Crippen molar-refractivity contribution < 1.29 is 13.2 Å². The number of aromatic nitrogens is 1. The smallest absolute Gasteiger partial charge is 0.319 e. The van der Waals surface area contributed by atoms with Gasteiger partial charge in [0.2, 0.25) is 0 Å². The van der Waals surface area contributed by atoms with Crippen molar-refractivity contribution in [3.8, 4) is 0 Å². The molecule has 2 amide bonds. The molecule has 1 unspecified atom stereocenters. The van der Waals surface area contributed by atoms with Crippen molar-refractivity contribution >= 4 is 21.6 Å². The molecular formula is C22H28N4O3S. The Morgan fingerprint density at radius 3 is 2.53 bits per heavy atom. The third kappa shape index (κ3) is 5.67. The number of pyridine rings is 1. The Kier molecular flexibility index (Phi) is 7.59. The lowest BCUT2D eigenvalue weighted by molar-refractivity contribution is 0.229. The van der Waals surface area contributed by atoms with Crippen LogP contribution in [-0.4, -0.2) is 49.3 Å². The summed E-state index contributed by atoms with van der Waals surface area (Å²) in [5, 5.41) is 4.77. The molecule has 1 aliphatic rings. The Bertz CT molecular complexity index is 940. The lowest BCUT2D eigenvalue weighted by Crippen LogP contribution is -2.42. The summed E-state index contributed by atoms with van der Waals surface area (Å²) in [6.45, 7) is 5.74. The Morgan fingerprint density at radius 2 is 1.90 bits per heavy atom. The highest BCUT2D eigenvalue weighted by atomic mass is 32.2. The third-order valence-electron chi connectivity index (χ3n) is 5.13. The van der Waals surface area contributed by atoms with Gasteiger partial charge >= 0.3 is 6.03 Å². The first-order valence-corrected chi connectivity index (χ1v) is 11.7. The second kappa shape index (κ2) is 10.4. The molecule has 2 aromatic rings. The molecule has 1 saturated heterocycles. The van der Waals surface area contributed by atoms with Gasteiger partial charge in [-0.15, -0.1) is 6.58 Å². The summed E-state index contributed by atoms with van der Waals surface area (Å²) in [4.78, 5) is 18.3. The van der Waals surface area contributed by atoms with Crippen molar-refractivity contribution in [2.75, 3.05) is 25.0 Å². The average molecular weight is 429 g/mol. The molecule has 2 N–H and O–H groups in total. The number of urea groups is 1. The molecule has 0 radical (unpaired) electrons. The number of carbonyl (C=O) groups excluding carboxylic acids is 1. The topological polar surface area (TPSA) is 91.4 Å². The van der Waals surface area contributed by atoms with E-state index < -0.39 is 15.2 Å². The lowest BCUT2D eigenvalue weighted by Gasteiger charge is -2.32. The van der Waals surface area contributed by atoms with Gasteiger partial charge in [-0.3, -0.25) is 9.88 Å². The van der Waals surface area contributed by atoms with E-state index in [4.69, 9.17) is 0 Å². The molecule has 1 atom stereocenters. The largest absolute Gasteiger partial charge is 0.338 e. The number of nitrogens with one attached hydrogen (secondary N) is 2. The SMILES string of the molecule is C=CC(N1CCCCC1)S(=O)(=O)c1ccc(NC(=O)NCCc2cccnc2)cc1. The highest BCUT2D eigenvalue weighted by Gasteiger charge is 2.31. The maximum atomic E-state index is 13.1. The monoisotopic (exact) mass is 428 g/mol. The number of nitrogens with zero attached hydrogens (tertiary/aromatic N) is 2. The fourth-order valence-electron chi connectivity index (χ4n) is 3.55. The summed E-state index contributed by atoms with van der Waals surface area (Å²) >= 11 is 0. The molecule has 7 nitrogen and oxygen atoms in total. The van der Waals surface area contributed by atoms with Crippen LogP contribution in [0, 0.1) is 0 Å². The summed E-state index contributed by atoms with van der Waals surface area (Å²) in [6.07, 6.45) is 8.78. The van der Waals surface area contributed by atoms with E-state index in [2.05, 4.69) is 22.2 Å². The van der Waals surface area contributed by atoms with Crippen LogP contribution in [0.5, 0.6) is 0 Å². The number of likely N-dealkylation sites (tertiary alicyclic amines) is 1. The van der Waals surface area contributed by atoms with Crippen molar-refractivity contribution in [3.63, 3.8) is 0 Å². The Morgan fingerprint density at radius 1 is 1.17 bits per heavy atom. The summed E-state index contributed by atoms with van der Waals surface area (Å²) in [6, 6.07) is 9.72. The van der Waals surface area contributed by atoms with Crippen LogP contribution in [0.2, 0.25) is 0 Å². The molecule has 0 spiro atoms. The summed E-state index contributed by atoms with van der Waals surface area (Å²) in [7, 11) is -3.57. The van der Waals surface area contributed by atoms with Crippen molar-refractivity contribution in [1.82, 2.24) is 15.2 Å². The van der Waals surface area contributed by atoms with Crippen LogP contribution in [0.15, 0.2) is 66.3 Å². The zero-order chi connectivity index (χ0) is 21.4. The van der Waals surface area contributed by atoms with E-state index in [0.29, 0.717) is 18.7 Å². The van der Waals surface area contributed by atoms with E-state index in [0.717, 1.165) is 37.9 Å². The third-order valence-corrected chi connectivity index (χ3v) is 7.19. The van der Waals surface area contributed by atoms with Crippen LogP contribution in [-0.2, 0) is 16.3 Å². The van der Waals surface area contributed by atoms with Gasteiger partial charge in [0.15, 0.2) is 9.84 Å². The first-order valence-electron chi connectivity index (χ1n) is 10.1. The van der Waals surface area contributed by atoms with Crippen LogP contribution in [0.4, 0.5) is 10.5 Å². The molecule has 30 heavy (non-hydrogen) atoms. The summed E-state index contributed by atoms with van der Waals surface area (Å²) in [5.74, 6) is 0. The van der Waals surface area contributed by atoms with Crippen LogP contribution >= 0.6 is 0 Å². The highest BCUT2D eigenvalue weighted by molar-refractivity contribution is 7.92. The van der Waals surface area contributed by atoms with Crippen LogP contribution < -0.4 is 10.6 Å². The van der Waals surface area contributed by atoms with E-state index >= 15 is 0 Å². The fraction of sp³-hybridized carbons (Fsp3) is 0.364. The van der Waals surface area contributed by atoms with Gasteiger partial charge in [0, 0.05) is 24.6 Å². The van der Waals surface area contributed by atoms with E-state index in [-0.39, 0.29) is 10.9 Å². The lowest BCUT2D eigenvalue weighted by atomic mass is 10.1. The van der Waals surface area contributed by atoms with Crippen LogP contribution in [0.25, 0.3) is 0 Å². The Hall–Kier alpha value is -2.71. The van der Waals surface area contributed by atoms with Gasteiger partial charge in [0.25, 0.3) is 0 Å². The van der Waals surface area contributed by atoms with Gasteiger partial charge in [-0.25, -0.2) is 13.2 Å². The molecular weight excluding hydrogens is 400 g/mol. The number of piperidine rings is 1. The average Bonchev–Trinajstić information content (AvgIpc) is 2.76. The zero-order valence-corrected chi connectivity index (χ0v) is 17.8. The molecule has 1 fully saturated rings. The molecule has 1 aromatic heterocycles. The maximum absolute atomic E-state index is 13.1. The molecule has 3 rings (SSSR count). The number of hydrogen-bond acceptors (Lipinski definition) is 5. The molecule has 1 aliphatic heterocycles. The molecule has 0 bridgehead atoms. The van der Waals surface area contributed by atoms with Gasteiger partial charge in [-0.2, -0.15) is 0 Å². The number of rotatable bonds is 8. The van der Waals surface area contributed by atoms with Gasteiger partial charge in [-0.05, 0) is 68.2 Å². The van der Waals surface area contributed by atoms with Crippen molar-refractivity contribution in [1.29, 1.82) is 0 Å². The second-order valence-corrected chi connectivity index (χ2v) is 9.33. The molecule has 1 aromatic carbocycles. The standard InChI is InChI=1S/C22H28N4O3S/c1-2-21(26-15-4-3-5-16-26)30(28,29)20-10-8-19(9-11-20)25-22(27)24-14-12-18-7-6-13-23-17-18/h2,6-11,13,17,21H,1,3-5,12,14-16H2,(H2,24,25,27). The molecule has 0 aliphatic carbocycles. The van der Waals surface area contributed by atoms with E-state index in [1.54, 1.807) is 24.5 Å². The minimum atomic E-state index is -3.57. The predicted octanol–water partition coefficient (Wildman–Crippen LogP) is 3.22. The molecule has 0 saturated carbocycles. The van der Waals surface area contributed by atoms with Gasteiger partial charge in [0.05, 0.1) is 4.90 Å². The van der Waals surface area contributed by atoms with Crippen LogP contribution in [0.3, 0.4) is 0 Å². The first kappa shape index (κ1) is 22.0. The van der Waals surface area contributed by atoms with Gasteiger partial charge in [0.1, 0.15) is 5.37 Å². The fourth-order valence-corrected chi connectivity index (χ4v) is 5.20. The number of carbonyl (C=O) groups is 1. The molecule has 2 heterocycles. The maximum Gasteiger partial charge on any atom is 0.319 e. The minimum absolute atomic E-state index is 0.223. The minimum Gasteiger partial charge on any atom is -0.338 e. The molecule has 8 heteroatoms. The zero-order valence-electron chi connectivity index (χ0n) is 17.0. The van der Waals surface area contributed by atoms with E-state index in [1.807, 2.05) is 17.0 Å². The number of amides is 2. The highest BCUT2D eigenvalue weighted by Crippen LogP contribution is 2.24. The van der Waals surface area contributed by atoms with E-state index in [1.165, 1.54) is 18.2 Å². The van der Waals surface area contributed by atoms with Crippen molar-refractivity contribution in [2.45, 2.75) is 36.0 Å². The number of benzene rings is 1. The quantitative estimate of drug-likeness (QED) is 0.630. The predicted molar refractivity (Wildman–Crippen MR) is 118 cm³/mol. The summed E-state index contributed by atoms with van der Waals surface area (Å²) < 4.78 is 26.1. The summed E-state index contributed by atoms with van der Waals surface area (Å²) in [5.41, 5.74) is 1.57. The Balaban J connectivity index is 1.56. The Labute approximate surface area is 178 Å².